The zero-order valence-electron chi connectivity index (χ0n) is 15.5. The Balaban J connectivity index is 1.94. The van der Waals surface area contributed by atoms with E-state index in [1.807, 2.05) is 0 Å². The number of nitro benzene ring substituents is 1. The lowest BCUT2D eigenvalue weighted by Crippen LogP contribution is -2.20. The van der Waals surface area contributed by atoms with Crippen molar-refractivity contribution < 1.29 is 24.0 Å². The molecular formula is C22H17NO6. The van der Waals surface area contributed by atoms with Crippen LogP contribution in [0.5, 0.6) is 5.75 Å². The molecule has 3 aromatic rings. The number of ketones is 1. The Morgan fingerprint density at radius 1 is 0.897 bits per heavy atom. The van der Waals surface area contributed by atoms with Crippen molar-refractivity contribution >= 4 is 17.4 Å². The SMILES string of the molecule is COc1ccc(C(=O)O[C@@H](C(=O)c2ccccc2)c2ccccc2)cc1[N+](=O)[O-]. The fraction of sp³-hybridized carbons (Fsp3) is 0.0909. The van der Waals surface area contributed by atoms with Crippen LogP contribution >= 0.6 is 0 Å². The van der Waals surface area contributed by atoms with Gasteiger partial charge in [-0.3, -0.25) is 14.9 Å². The second-order valence-corrected chi connectivity index (χ2v) is 6.07. The summed E-state index contributed by atoms with van der Waals surface area (Å²) < 4.78 is 10.4. The molecule has 3 aromatic carbocycles. The van der Waals surface area contributed by atoms with E-state index in [4.69, 9.17) is 9.47 Å². The highest BCUT2D eigenvalue weighted by atomic mass is 16.6. The lowest BCUT2D eigenvalue weighted by Gasteiger charge is -2.17. The molecule has 0 fully saturated rings. The van der Waals surface area contributed by atoms with Crippen molar-refractivity contribution in [1.29, 1.82) is 0 Å². The highest BCUT2D eigenvalue weighted by molar-refractivity contribution is 6.02. The molecule has 0 unspecified atom stereocenters. The zero-order chi connectivity index (χ0) is 20.8. The summed E-state index contributed by atoms with van der Waals surface area (Å²) in [6.07, 6.45) is -1.19. The van der Waals surface area contributed by atoms with Gasteiger partial charge in [-0.05, 0) is 12.1 Å². The first-order valence-corrected chi connectivity index (χ1v) is 8.69. The van der Waals surface area contributed by atoms with Gasteiger partial charge >= 0.3 is 11.7 Å². The monoisotopic (exact) mass is 391 g/mol. The van der Waals surface area contributed by atoms with Crippen LogP contribution in [0.2, 0.25) is 0 Å². The Bertz CT molecular complexity index is 1030. The Kier molecular flexibility index (Phi) is 5.99. The Hall–Kier alpha value is -4.00. The average molecular weight is 391 g/mol. The van der Waals surface area contributed by atoms with Crippen molar-refractivity contribution in [3.8, 4) is 5.75 Å². The number of hydrogen-bond acceptors (Lipinski definition) is 6. The van der Waals surface area contributed by atoms with E-state index < -0.39 is 22.8 Å². The van der Waals surface area contributed by atoms with Gasteiger partial charge in [0.25, 0.3) is 0 Å². The van der Waals surface area contributed by atoms with Crippen LogP contribution in [0.4, 0.5) is 5.69 Å². The van der Waals surface area contributed by atoms with Crippen LogP contribution in [0.15, 0.2) is 78.9 Å². The van der Waals surface area contributed by atoms with E-state index in [0.717, 1.165) is 6.07 Å². The van der Waals surface area contributed by atoms with E-state index in [-0.39, 0.29) is 17.0 Å². The molecule has 0 N–H and O–H groups in total. The van der Waals surface area contributed by atoms with Crippen molar-refractivity contribution in [3.63, 3.8) is 0 Å². The fourth-order valence-electron chi connectivity index (χ4n) is 2.79. The minimum absolute atomic E-state index is 0.0199. The minimum atomic E-state index is -1.19. The molecule has 0 saturated carbocycles. The first kappa shape index (κ1) is 19.8. The zero-order valence-corrected chi connectivity index (χ0v) is 15.5. The summed E-state index contributed by atoms with van der Waals surface area (Å²) in [5.41, 5.74) is 0.458. The van der Waals surface area contributed by atoms with Gasteiger partial charge in [0, 0.05) is 17.2 Å². The molecule has 0 aliphatic carbocycles. The van der Waals surface area contributed by atoms with E-state index in [0.29, 0.717) is 11.1 Å². The maximum Gasteiger partial charge on any atom is 0.339 e. The molecular weight excluding hydrogens is 374 g/mol. The second-order valence-electron chi connectivity index (χ2n) is 6.07. The van der Waals surface area contributed by atoms with Gasteiger partial charge in [0.1, 0.15) is 0 Å². The summed E-state index contributed by atoms with van der Waals surface area (Å²) in [6, 6.07) is 20.8. The molecule has 146 valence electrons. The predicted molar refractivity (Wildman–Crippen MR) is 105 cm³/mol. The number of methoxy groups -OCH3 is 1. The van der Waals surface area contributed by atoms with E-state index in [2.05, 4.69) is 0 Å². The number of nitrogens with zero attached hydrogens (tertiary/aromatic N) is 1. The number of carbonyl (C=O) groups excluding carboxylic acids is 2. The van der Waals surface area contributed by atoms with E-state index in [1.165, 1.54) is 19.2 Å². The van der Waals surface area contributed by atoms with Crippen LogP contribution in [0.3, 0.4) is 0 Å². The molecule has 1 atom stereocenters. The lowest BCUT2D eigenvalue weighted by molar-refractivity contribution is -0.385. The molecule has 0 aliphatic rings. The standard InChI is InChI=1S/C22H17NO6/c1-28-19-13-12-17(14-18(19)23(26)27)22(25)29-21(16-10-6-3-7-11-16)20(24)15-8-4-2-5-9-15/h2-14,21H,1H3/t21-/m1/s1. The number of Topliss-reactive ketones (excluding diaryl/α,β-unsaturated/α-hetero) is 1. The minimum Gasteiger partial charge on any atom is -0.490 e. The third-order valence-electron chi connectivity index (χ3n) is 4.23. The van der Waals surface area contributed by atoms with E-state index >= 15 is 0 Å². The Labute approximate surface area is 166 Å². The van der Waals surface area contributed by atoms with Gasteiger partial charge in [-0.25, -0.2) is 4.79 Å². The van der Waals surface area contributed by atoms with E-state index in [1.54, 1.807) is 60.7 Å². The Morgan fingerprint density at radius 3 is 2.10 bits per heavy atom. The molecule has 0 saturated heterocycles. The summed E-state index contributed by atoms with van der Waals surface area (Å²) >= 11 is 0. The summed E-state index contributed by atoms with van der Waals surface area (Å²) in [5, 5.41) is 11.2. The third-order valence-corrected chi connectivity index (χ3v) is 4.23. The lowest BCUT2D eigenvalue weighted by atomic mass is 9.99. The number of esters is 1. The maximum atomic E-state index is 13.0. The van der Waals surface area contributed by atoms with Crippen molar-refractivity contribution in [2.24, 2.45) is 0 Å². The normalized spacial score (nSPS) is 11.3. The molecule has 0 amide bonds. The number of benzene rings is 3. The number of rotatable bonds is 7. The third kappa shape index (κ3) is 4.47. The van der Waals surface area contributed by atoms with Crippen LogP contribution in [0, 0.1) is 10.1 Å². The quantitative estimate of drug-likeness (QED) is 0.257. The number of carbonyl (C=O) groups is 2. The molecule has 0 aliphatic heterocycles. The molecule has 3 rings (SSSR count). The predicted octanol–water partition coefficient (Wildman–Crippen LogP) is 4.38. The average Bonchev–Trinajstić information content (AvgIpc) is 2.77. The van der Waals surface area contributed by atoms with Crippen LogP contribution < -0.4 is 4.74 Å². The van der Waals surface area contributed by atoms with Gasteiger partial charge < -0.3 is 9.47 Å². The maximum absolute atomic E-state index is 13.0. The second kappa shape index (κ2) is 8.79. The van der Waals surface area contributed by atoms with Gasteiger partial charge in [-0.15, -0.1) is 0 Å². The molecule has 7 heteroatoms. The van der Waals surface area contributed by atoms with Crippen LogP contribution in [0.25, 0.3) is 0 Å². The highest BCUT2D eigenvalue weighted by Crippen LogP contribution is 2.29. The van der Waals surface area contributed by atoms with Gasteiger partial charge in [0.05, 0.1) is 17.6 Å². The first-order valence-electron chi connectivity index (χ1n) is 8.69. The van der Waals surface area contributed by atoms with Crippen molar-refractivity contribution in [1.82, 2.24) is 0 Å². The summed E-state index contributed by atoms with van der Waals surface area (Å²) in [5.74, 6) is -1.23. The number of ether oxygens (including phenoxy) is 2. The highest BCUT2D eigenvalue weighted by Gasteiger charge is 2.28. The van der Waals surface area contributed by atoms with Crippen LogP contribution in [-0.4, -0.2) is 23.8 Å². The van der Waals surface area contributed by atoms with Gasteiger partial charge in [0.2, 0.25) is 5.78 Å². The van der Waals surface area contributed by atoms with Crippen LogP contribution in [0.1, 0.15) is 32.4 Å². The Morgan fingerprint density at radius 2 is 1.52 bits per heavy atom. The number of hydrogen-bond donors (Lipinski definition) is 0. The summed E-state index contributed by atoms with van der Waals surface area (Å²) in [4.78, 5) is 36.2. The van der Waals surface area contributed by atoms with Gasteiger partial charge in [0.15, 0.2) is 11.9 Å². The fourth-order valence-corrected chi connectivity index (χ4v) is 2.79. The summed E-state index contributed by atoms with van der Waals surface area (Å²) in [6.45, 7) is 0. The molecule has 0 spiro atoms. The topological polar surface area (TPSA) is 95.7 Å². The number of nitro groups is 1. The molecule has 29 heavy (non-hydrogen) atoms. The summed E-state index contributed by atoms with van der Waals surface area (Å²) in [7, 11) is 1.30. The smallest absolute Gasteiger partial charge is 0.339 e. The van der Waals surface area contributed by atoms with Gasteiger partial charge in [-0.2, -0.15) is 0 Å². The van der Waals surface area contributed by atoms with E-state index in [9.17, 15) is 19.7 Å². The molecule has 0 bridgehead atoms. The van der Waals surface area contributed by atoms with Crippen molar-refractivity contribution in [3.05, 3.63) is 106 Å². The largest absolute Gasteiger partial charge is 0.490 e. The van der Waals surface area contributed by atoms with Gasteiger partial charge in [-0.1, -0.05) is 60.7 Å². The van der Waals surface area contributed by atoms with Crippen LogP contribution in [-0.2, 0) is 4.74 Å². The van der Waals surface area contributed by atoms with Crippen molar-refractivity contribution in [2.45, 2.75) is 6.10 Å². The first-order chi connectivity index (χ1) is 14.0. The molecule has 7 nitrogen and oxygen atoms in total. The molecule has 0 aromatic heterocycles. The molecule has 0 radical (unpaired) electrons. The molecule has 0 heterocycles. The van der Waals surface area contributed by atoms with Crippen molar-refractivity contribution in [2.75, 3.05) is 7.11 Å².